The Morgan fingerprint density at radius 2 is 1.38 bits per heavy atom. The molecule has 5 rings (SSSR count). The van der Waals surface area contributed by atoms with Crippen LogP contribution in [-0.4, -0.2) is 77.3 Å². The van der Waals surface area contributed by atoms with E-state index in [1.165, 1.54) is 11.1 Å². The molecule has 2 atom stereocenters. The molecule has 0 saturated carbocycles. The van der Waals surface area contributed by atoms with Gasteiger partial charge in [-0.15, -0.1) is 0 Å². The van der Waals surface area contributed by atoms with Gasteiger partial charge in [-0.05, 0) is 48.6 Å². The number of carbonyl (C=O) groups is 3. The van der Waals surface area contributed by atoms with Crippen molar-refractivity contribution in [2.45, 2.75) is 31.3 Å². The molecule has 11 heteroatoms. The average molecular weight is 652 g/mol. The topological polar surface area (TPSA) is 144 Å². The van der Waals surface area contributed by atoms with Gasteiger partial charge in [0.15, 0.2) is 0 Å². The predicted molar refractivity (Wildman–Crippen MR) is 182 cm³/mol. The average Bonchev–Trinajstić information content (AvgIpc) is 3.13. The highest BCUT2D eigenvalue weighted by Crippen LogP contribution is 2.34. The molecule has 3 aromatic carbocycles. The predicted octanol–water partition coefficient (Wildman–Crippen LogP) is 3.92. The summed E-state index contributed by atoms with van der Waals surface area (Å²) in [5, 5.41) is 25.8. The van der Waals surface area contributed by atoms with Gasteiger partial charge in [0.25, 0.3) is 5.91 Å². The first-order valence-electron chi connectivity index (χ1n) is 16.1. The Balaban J connectivity index is 1.42. The van der Waals surface area contributed by atoms with E-state index in [2.05, 4.69) is 15.6 Å². The minimum atomic E-state index is -0.609. The molecular formula is C37H41N5O6. The molecule has 250 valence electrons. The maximum atomic E-state index is 14.0. The molecular weight excluding hydrogens is 610 g/mol. The molecule has 0 fully saturated rings. The maximum Gasteiger partial charge on any atom is 0.255 e. The zero-order valence-corrected chi connectivity index (χ0v) is 26.7. The van der Waals surface area contributed by atoms with Crippen LogP contribution in [0.1, 0.15) is 52.8 Å². The Bertz CT molecular complexity index is 1650. The first-order valence-corrected chi connectivity index (χ1v) is 16.1. The summed E-state index contributed by atoms with van der Waals surface area (Å²) in [4.78, 5) is 48.3. The number of ether oxygens (including phenoxy) is 1. The SMILES string of the molecule is O=C(CN1CCCCCOc2ccccc2N(CC(=O)N[C@H](CO)c2ccccc2)c2cncc(c2)C1=O)N[C@H](CO)c1ccccc1. The zero-order chi connectivity index (χ0) is 33.7. The van der Waals surface area contributed by atoms with E-state index in [0.717, 1.165) is 17.5 Å². The van der Waals surface area contributed by atoms with Crippen LogP contribution in [0.25, 0.3) is 0 Å². The van der Waals surface area contributed by atoms with Gasteiger partial charge in [-0.2, -0.15) is 0 Å². The number of nitrogens with zero attached hydrogens (tertiary/aromatic N) is 3. The molecule has 0 saturated heterocycles. The van der Waals surface area contributed by atoms with Crippen LogP contribution in [0.15, 0.2) is 103 Å². The molecule has 4 N–H and O–H groups in total. The quantitative estimate of drug-likeness (QED) is 0.202. The van der Waals surface area contributed by atoms with Gasteiger partial charge in [-0.3, -0.25) is 19.4 Å². The van der Waals surface area contributed by atoms with Crippen molar-refractivity contribution in [2.24, 2.45) is 0 Å². The van der Waals surface area contributed by atoms with Crippen LogP contribution >= 0.6 is 0 Å². The van der Waals surface area contributed by atoms with Gasteiger partial charge < -0.3 is 35.4 Å². The standard InChI is InChI=1S/C37H41N5O6/c43-25-31(27-12-4-1-5-13-27)39-35(45)23-41-18-10-3-11-19-48-34-17-9-8-16-33(34)42(30-20-29(37(41)47)21-38-22-30)24-36(46)40-32(26-44)28-14-6-2-7-15-28/h1-2,4-9,12-17,20-22,31-32,43-44H,3,10-11,18-19,23-26H2,(H,39,45)(H,40,46)/t31-,32-/m1/s1. The lowest BCUT2D eigenvalue weighted by Crippen LogP contribution is -2.43. The third-order valence-electron chi connectivity index (χ3n) is 8.13. The highest BCUT2D eigenvalue weighted by Gasteiger charge is 2.25. The Morgan fingerprint density at radius 3 is 2.02 bits per heavy atom. The zero-order valence-electron chi connectivity index (χ0n) is 26.7. The second kappa shape index (κ2) is 17.1. The number of amides is 3. The third kappa shape index (κ3) is 8.96. The molecule has 1 aliphatic heterocycles. The fraction of sp³-hybridized carbons (Fsp3) is 0.297. The fourth-order valence-corrected chi connectivity index (χ4v) is 5.65. The van der Waals surface area contributed by atoms with Crippen molar-refractivity contribution in [1.29, 1.82) is 0 Å². The summed E-state index contributed by atoms with van der Waals surface area (Å²) >= 11 is 0. The van der Waals surface area contributed by atoms with Gasteiger partial charge in [-0.25, -0.2) is 0 Å². The van der Waals surface area contributed by atoms with Gasteiger partial charge in [0.05, 0.1) is 61.6 Å². The first kappa shape index (κ1) is 34.1. The smallest absolute Gasteiger partial charge is 0.255 e. The molecule has 2 bridgehead atoms. The van der Waals surface area contributed by atoms with E-state index in [-0.39, 0.29) is 43.7 Å². The number of rotatable bonds is 10. The molecule has 3 amide bonds. The Hall–Kier alpha value is -5.26. The second-order valence-electron chi connectivity index (χ2n) is 11.5. The van der Waals surface area contributed by atoms with Gasteiger partial charge in [0, 0.05) is 12.7 Å². The highest BCUT2D eigenvalue weighted by molar-refractivity contribution is 5.97. The number of nitrogens with one attached hydrogen (secondary N) is 2. The number of fused-ring (bicyclic) bond motifs is 3. The number of anilines is 2. The van der Waals surface area contributed by atoms with Crippen LogP contribution in [0.4, 0.5) is 11.4 Å². The normalized spacial score (nSPS) is 14.9. The number of aliphatic hydroxyl groups excluding tert-OH is 2. The van der Waals surface area contributed by atoms with E-state index in [1.807, 2.05) is 84.9 Å². The van der Waals surface area contributed by atoms with E-state index >= 15 is 0 Å². The van der Waals surface area contributed by atoms with Crippen LogP contribution in [0.3, 0.4) is 0 Å². The molecule has 0 radical (unpaired) electrons. The van der Waals surface area contributed by atoms with Crippen LogP contribution in [-0.2, 0) is 9.59 Å². The summed E-state index contributed by atoms with van der Waals surface area (Å²) < 4.78 is 6.20. The van der Waals surface area contributed by atoms with Gasteiger partial charge >= 0.3 is 0 Å². The number of aliphatic hydroxyl groups is 2. The van der Waals surface area contributed by atoms with Crippen molar-refractivity contribution in [3.63, 3.8) is 0 Å². The van der Waals surface area contributed by atoms with Crippen LogP contribution < -0.4 is 20.3 Å². The van der Waals surface area contributed by atoms with Gasteiger partial charge in [0.1, 0.15) is 12.3 Å². The van der Waals surface area contributed by atoms with Crippen molar-refractivity contribution in [2.75, 3.05) is 44.4 Å². The summed E-state index contributed by atoms with van der Waals surface area (Å²) in [6.45, 7) is -0.188. The Kier molecular flexibility index (Phi) is 12.1. The van der Waals surface area contributed by atoms with Crippen molar-refractivity contribution < 1.29 is 29.3 Å². The van der Waals surface area contributed by atoms with Crippen LogP contribution in [0.5, 0.6) is 5.75 Å². The lowest BCUT2D eigenvalue weighted by atomic mass is 10.1. The number of benzene rings is 3. The molecule has 48 heavy (non-hydrogen) atoms. The monoisotopic (exact) mass is 651 g/mol. The maximum absolute atomic E-state index is 14.0. The third-order valence-corrected chi connectivity index (χ3v) is 8.13. The number of aromatic nitrogens is 1. The van der Waals surface area contributed by atoms with E-state index in [4.69, 9.17) is 4.74 Å². The van der Waals surface area contributed by atoms with Crippen molar-refractivity contribution >= 4 is 29.1 Å². The molecule has 11 nitrogen and oxygen atoms in total. The van der Waals surface area contributed by atoms with E-state index < -0.39 is 18.0 Å². The minimum absolute atomic E-state index is 0.156. The van der Waals surface area contributed by atoms with Crippen LogP contribution in [0.2, 0.25) is 0 Å². The molecule has 4 aromatic rings. The van der Waals surface area contributed by atoms with Crippen molar-refractivity contribution in [3.8, 4) is 5.75 Å². The summed E-state index contributed by atoms with van der Waals surface area (Å²) in [6.07, 6.45) is 5.13. The molecule has 0 unspecified atom stereocenters. The molecule has 0 aliphatic carbocycles. The van der Waals surface area contributed by atoms with Gasteiger partial charge in [-0.1, -0.05) is 72.8 Å². The molecule has 1 aromatic heterocycles. The lowest BCUT2D eigenvalue weighted by molar-refractivity contribution is -0.123. The molecule has 1 aliphatic rings. The van der Waals surface area contributed by atoms with Crippen molar-refractivity contribution in [3.05, 3.63) is 120 Å². The van der Waals surface area contributed by atoms with E-state index in [9.17, 15) is 24.6 Å². The summed E-state index contributed by atoms with van der Waals surface area (Å²) in [5.74, 6) is -0.559. The Morgan fingerprint density at radius 1 is 0.771 bits per heavy atom. The highest BCUT2D eigenvalue weighted by atomic mass is 16.5. The van der Waals surface area contributed by atoms with E-state index in [1.54, 1.807) is 17.2 Å². The fourth-order valence-electron chi connectivity index (χ4n) is 5.65. The summed E-state index contributed by atoms with van der Waals surface area (Å²) in [6, 6.07) is 26.2. The van der Waals surface area contributed by atoms with E-state index in [0.29, 0.717) is 43.1 Å². The second-order valence-corrected chi connectivity index (χ2v) is 11.5. The number of hydrogen-bond donors (Lipinski definition) is 4. The molecule has 0 spiro atoms. The number of carbonyl (C=O) groups excluding carboxylic acids is 3. The summed E-state index contributed by atoms with van der Waals surface area (Å²) in [7, 11) is 0. The summed E-state index contributed by atoms with van der Waals surface area (Å²) in [5.41, 5.74) is 2.86. The lowest BCUT2D eigenvalue weighted by Gasteiger charge is -2.29. The first-order chi connectivity index (χ1) is 23.5. The number of para-hydroxylation sites is 2. The molecule has 2 heterocycles. The van der Waals surface area contributed by atoms with Gasteiger partial charge in [0.2, 0.25) is 11.8 Å². The van der Waals surface area contributed by atoms with Crippen molar-refractivity contribution in [1.82, 2.24) is 20.5 Å². The minimum Gasteiger partial charge on any atom is -0.491 e. The van der Waals surface area contributed by atoms with Crippen LogP contribution in [0, 0.1) is 0 Å². The Labute approximate surface area is 280 Å². The number of pyridine rings is 1. The largest absolute Gasteiger partial charge is 0.491 e. The number of hydrogen-bond acceptors (Lipinski definition) is 8.